The Kier molecular flexibility index (Phi) is 5.03. The molecule has 1 aliphatic heterocycles. The van der Waals surface area contributed by atoms with Crippen molar-refractivity contribution in [2.45, 2.75) is 39.8 Å². The summed E-state index contributed by atoms with van der Waals surface area (Å²) in [5.41, 5.74) is 2.35. The van der Waals surface area contributed by atoms with Crippen LogP contribution in [-0.4, -0.2) is 40.4 Å². The SMILES string of the molecule is Cc1nn(C)c(CN2CCCNC(C(C)C)C2)c1Br. The molecule has 108 valence electrons. The number of aromatic nitrogens is 2. The highest BCUT2D eigenvalue weighted by Crippen LogP contribution is 2.22. The standard InChI is InChI=1S/C14H25BrN4/c1-10(2)12-8-19(7-5-6-16-12)9-13-14(15)11(3)17-18(13)4/h10,12,16H,5-9H2,1-4H3. The van der Waals surface area contributed by atoms with E-state index in [0.717, 1.165) is 36.3 Å². The average molecular weight is 329 g/mol. The number of rotatable bonds is 3. The second-order valence-electron chi connectivity index (χ2n) is 5.86. The summed E-state index contributed by atoms with van der Waals surface area (Å²) in [6.07, 6.45) is 1.22. The van der Waals surface area contributed by atoms with Crippen LogP contribution < -0.4 is 5.32 Å². The van der Waals surface area contributed by atoms with Crippen molar-refractivity contribution in [1.82, 2.24) is 20.0 Å². The van der Waals surface area contributed by atoms with Gasteiger partial charge in [-0.1, -0.05) is 13.8 Å². The summed E-state index contributed by atoms with van der Waals surface area (Å²) in [6.45, 7) is 11.0. The summed E-state index contributed by atoms with van der Waals surface area (Å²) in [4.78, 5) is 2.55. The van der Waals surface area contributed by atoms with Gasteiger partial charge in [-0.15, -0.1) is 0 Å². The second-order valence-corrected chi connectivity index (χ2v) is 6.66. The number of aryl methyl sites for hydroxylation is 2. The molecule has 0 amide bonds. The molecule has 19 heavy (non-hydrogen) atoms. The van der Waals surface area contributed by atoms with Gasteiger partial charge in [0, 0.05) is 26.2 Å². The average Bonchev–Trinajstić information content (AvgIpc) is 2.58. The van der Waals surface area contributed by atoms with Crippen molar-refractivity contribution < 1.29 is 0 Å². The molecule has 0 bridgehead atoms. The zero-order valence-corrected chi connectivity index (χ0v) is 14.0. The Morgan fingerprint density at radius 2 is 2.21 bits per heavy atom. The van der Waals surface area contributed by atoms with Crippen LogP contribution in [0.5, 0.6) is 0 Å². The van der Waals surface area contributed by atoms with Gasteiger partial charge in [0.2, 0.25) is 0 Å². The van der Waals surface area contributed by atoms with Gasteiger partial charge < -0.3 is 5.32 Å². The smallest absolute Gasteiger partial charge is 0.0739 e. The maximum atomic E-state index is 4.48. The molecule has 1 saturated heterocycles. The third-order valence-electron chi connectivity index (χ3n) is 3.95. The zero-order chi connectivity index (χ0) is 14.0. The van der Waals surface area contributed by atoms with Gasteiger partial charge in [0.1, 0.15) is 0 Å². The Hall–Kier alpha value is -0.390. The number of halogens is 1. The normalized spacial score (nSPS) is 21.9. The first-order valence-electron chi connectivity index (χ1n) is 7.12. The molecule has 0 spiro atoms. The van der Waals surface area contributed by atoms with Gasteiger partial charge in [-0.25, -0.2) is 0 Å². The van der Waals surface area contributed by atoms with E-state index >= 15 is 0 Å². The zero-order valence-electron chi connectivity index (χ0n) is 12.4. The fraction of sp³-hybridized carbons (Fsp3) is 0.786. The van der Waals surface area contributed by atoms with Gasteiger partial charge >= 0.3 is 0 Å². The Morgan fingerprint density at radius 1 is 1.47 bits per heavy atom. The first kappa shape index (κ1) is 15.0. The summed E-state index contributed by atoms with van der Waals surface area (Å²) in [7, 11) is 2.03. The van der Waals surface area contributed by atoms with Crippen LogP contribution in [0, 0.1) is 12.8 Å². The minimum Gasteiger partial charge on any atom is -0.312 e. The summed E-state index contributed by atoms with van der Waals surface area (Å²) >= 11 is 3.67. The topological polar surface area (TPSA) is 33.1 Å². The highest BCUT2D eigenvalue weighted by molar-refractivity contribution is 9.10. The molecule has 0 radical (unpaired) electrons. The lowest BCUT2D eigenvalue weighted by Crippen LogP contribution is -2.41. The van der Waals surface area contributed by atoms with Crippen LogP contribution >= 0.6 is 15.9 Å². The molecule has 5 heteroatoms. The van der Waals surface area contributed by atoms with Crippen LogP contribution in [0.25, 0.3) is 0 Å². The third-order valence-corrected chi connectivity index (χ3v) is 4.98. The van der Waals surface area contributed by atoms with Gasteiger partial charge in [0.25, 0.3) is 0 Å². The molecule has 1 fully saturated rings. The van der Waals surface area contributed by atoms with Crippen molar-refractivity contribution in [2.75, 3.05) is 19.6 Å². The van der Waals surface area contributed by atoms with Gasteiger partial charge in [-0.3, -0.25) is 9.58 Å². The van der Waals surface area contributed by atoms with E-state index in [1.165, 1.54) is 12.1 Å². The molecule has 0 aromatic carbocycles. The van der Waals surface area contributed by atoms with Crippen molar-refractivity contribution in [1.29, 1.82) is 0 Å². The van der Waals surface area contributed by atoms with Gasteiger partial charge in [0.15, 0.2) is 0 Å². The quantitative estimate of drug-likeness (QED) is 0.924. The van der Waals surface area contributed by atoms with Crippen LogP contribution in [-0.2, 0) is 13.6 Å². The minimum absolute atomic E-state index is 0.593. The first-order chi connectivity index (χ1) is 8.99. The minimum atomic E-state index is 0.593. The number of nitrogens with zero attached hydrogens (tertiary/aromatic N) is 3. The molecular weight excluding hydrogens is 304 g/mol. The van der Waals surface area contributed by atoms with Gasteiger partial charge in [-0.05, 0) is 48.3 Å². The van der Waals surface area contributed by atoms with Crippen LogP contribution in [0.1, 0.15) is 31.7 Å². The van der Waals surface area contributed by atoms with Crippen LogP contribution in [0.2, 0.25) is 0 Å². The highest BCUT2D eigenvalue weighted by Gasteiger charge is 2.22. The largest absolute Gasteiger partial charge is 0.312 e. The Labute approximate surface area is 124 Å². The van der Waals surface area contributed by atoms with E-state index in [-0.39, 0.29) is 0 Å². The molecule has 1 aromatic rings. The molecule has 1 aliphatic rings. The Balaban J connectivity index is 2.08. The molecule has 1 N–H and O–H groups in total. The lowest BCUT2D eigenvalue weighted by molar-refractivity contribution is 0.233. The lowest BCUT2D eigenvalue weighted by atomic mass is 10.0. The van der Waals surface area contributed by atoms with E-state index in [2.05, 4.69) is 52.0 Å². The van der Waals surface area contributed by atoms with Crippen molar-refractivity contribution in [2.24, 2.45) is 13.0 Å². The number of hydrogen-bond donors (Lipinski definition) is 1. The molecule has 0 saturated carbocycles. The maximum absolute atomic E-state index is 4.48. The van der Waals surface area contributed by atoms with Crippen LogP contribution in [0.15, 0.2) is 4.47 Å². The van der Waals surface area contributed by atoms with Crippen LogP contribution in [0.3, 0.4) is 0 Å². The third kappa shape index (κ3) is 3.58. The van der Waals surface area contributed by atoms with Crippen LogP contribution in [0.4, 0.5) is 0 Å². The molecular formula is C14H25BrN4. The molecule has 2 heterocycles. The molecule has 1 aromatic heterocycles. The van der Waals surface area contributed by atoms with E-state index in [0.29, 0.717) is 12.0 Å². The van der Waals surface area contributed by atoms with Gasteiger partial charge in [0.05, 0.1) is 15.9 Å². The number of hydrogen-bond acceptors (Lipinski definition) is 3. The molecule has 2 rings (SSSR count). The molecule has 0 aliphatic carbocycles. The van der Waals surface area contributed by atoms with Gasteiger partial charge in [-0.2, -0.15) is 5.10 Å². The number of nitrogens with one attached hydrogen (secondary N) is 1. The molecule has 4 nitrogen and oxygen atoms in total. The summed E-state index contributed by atoms with van der Waals surface area (Å²) in [5, 5.41) is 8.14. The molecule has 1 atom stereocenters. The monoisotopic (exact) mass is 328 g/mol. The summed E-state index contributed by atoms with van der Waals surface area (Å²) < 4.78 is 3.16. The van der Waals surface area contributed by atoms with Crippen molar-refractivity contribution >= 4 is 15.9 Å². The summed E-state index contributed by atoms with van der Waals surface area (Å²) in [6, 6.07) is 0.593. The predicted octanol–water partition coefficient (Wildman–Crippen LogP) is 2.31. The van der Waals surface area contributed by atoms with E-state index in [4.69, 9.17) is 0 Å². The van der Waals surface area contributed by atoms with E-state index in [1.807, 2.05) is 11.7 Å². The first-order valence-corrected chi connectivity index (χ1v) is 7.92. The summed E-state index contributed by atoms with van der Waals surface area (Å²) in [5.74, 6) is 0.678. The van der Waals surface area contributed by atoms with E-state index in [9.17, 15) is 0 Å². The van der Waals surface area contributed by atoms with E-state index in [1.54, 1.807) is 0 Å². The Morgan fingerprint density at radius 3 is 2.79 bits per heavy atom. The fourth-order valence-electron chi connectivity index (χ4n) is 2.68. The molecule has 1 unspecified atom stereocenters. The lowest BCUT2D eigenvalue weighted by Gasteiger charge is -2.26. The van der Waals surface area contributed by atoms with E-state index < -0.39 is 0 Å². The van der Waals surface area contributed by atoms with Crippen molar-refractivity contribution in [3.05, 3.63) is 15.9 Å². The second kappa shape index (κ2) is 6.37. The highest BCUT2D eigenvalue weighted by atomic mass is 79.9. The maximum Gasteiger partial charge on any atom is 0.0739 e. The fourth-order valence-corrected chi connectivity index (χ4v) is 3.14. The van der Waals surface area contributed by atoms with Crippen molar-refractivity contribution in [3.63, 3.8) is 0 Å². The predicted molar refractivity (Wildman–Crippen MR) is 82.2 cm³/mol. The Bertz CT molecular complexity index is 427. The van der Waals surface area contributed by atoms with Crippen molar-refractivity contribution in [3.8, 4) is 0 Å².